The lowest BCUT2D eigenvalue weighted by molar-refractivity contribution is -0.119. The molecule has 0 aliphatic rings. The smallest absolute Gasteiger partial charge is 0.257 e. The molecule has 0 fully saturated rings. The molecule has 0 aliphatic heterocycles. The van der Waals surface area contributed by atoms with Gasteiger partial charge in [-0.3, -0.25) is 14.9 Å². The van der Waals surface area contributed by atoms with Crippen LogP contribution in [0.2, 0.25) is 10.0 Å². The van der Waals surface area contributed by atoms with Crippen molar-refractivity contribution in [1.82, 2.24) is 4.98 Å². The van der Waals surface area contributed by atoms with Crippen LogP contribution in [0.15, 0.2) is 35.7 Å². The van der Waals surface area contributed by atoms with Crippen molar-refractivity contribution in [2.45, 2.75) is 0 Å². The van der Waals surface area contributed by atoms with Crippen LogP contribution in [0, 0.1) is 0 Å². The largest absolute Gasteiger partial charge is 0.495 e. The first-order valence-electron chi connectivity index (χ1n) is 8.71. The molecule has 2 aromatic carbocycles. The van der Waals surface area contributed by atoms with Crippen LogP contribution in [-0.4, -0.2) is 37.6 Å². The standard InChI is InChI=1S/C20H17Cl2N3O5S/c1-28-15-4-3-10(5-12(15)21)14-9-31-20(24-14)25-19(27)11-6-13(22)18(16(7-11)29-2)30-8-17(23)26/h3-7,9H,8H2,1-2H3,(H2,23,26)(H,24,25,27). The van der Waals surface area contributed by atoms with Crippen LogP contribution in [0.1, 0.15) is 10.4 Å². The Morgan fingerprint density at radius 1 is 1.10 bits per heavy atom. The van der Waals surface area contributed by atoms with Crippen LogP contribution in [0.5, 0.6) is 17.2 Å². The molecule has 31 heavy (non-hydrogen) atoms. The lowest BCUT2D eigenvalue weighted by Crippen LogP contribution is -2.20. The minimum absolute atomic E-state index is 0.0958. The Morgan fingerprint density at radius 3 is 2.48 bits per heavy atom. The van der Waals surface area contributed by atoms with Gasteiger partial charge in [-0.15, -0.1) is 11.3 Å². The van der Waals surface area contributed by atoms with Gasteiger partial charge in [-0.25, -0.2) is 4.98 Å². The molecule has 3 rings (SSSR count). The van der Waals surface area contributed by atoms with Crippen molar-refractivity contribution in [1.29, 1.82) is 0 Å². The van der Waals surface area contributed by atoms with E-state index >= 15 is 0 Å². The van der Waals surface area contributed by atoms with Crippen LogP contribution < -0.4 is 25.3 Å². The summed E-state index contributed by atoms with van der Waals surface area (Å²) in [6.07, 6.45) is 0. The molecule has 1 heterocycles. The number of thiazole rings is 1. The van der Waals surface area contributed by atoms with Gasteiger partial charge < -0.3 is 19.9 Å². The van der Waals surface area contributed by atoms with Crippen molar-refractivity contribution in [2.24, 2.45) is 5.73 Å². The average Bonchev–Trinajstić information content (AvgIpc) is 3.20. The second-order valence-corrected chi connectivity index (χ2v) is 7.76. The van der Waals surface area contributed by atoms with E-state index in [9.17, 15) is 9.59 Å². The fourth-order valence-corrected chi connectivity index (χ4v) is 3.83. The van der Waals surface area contributed by atoms with E-state index in [1.165, 1.54) is 37.7 Å². The summed E-state index contributed by atoms with van der Waals surface area (Å²) in [5, 5.41) is 5.45. The number of hydrogen-bond acceptors (Lipinski definition) is 7. The number of aromatic nitrogens is 1. The number of anilines is 1. The molecular weight excluding hydrogens is 465 g/mol. The second-order valence-electron chi connectivity index (χ2n) is 6.09. The molecular formula is C20H17Cl2N3O5S. The molecule has 0 saturated heterocycles. The van der Waals surface area contributed by atoms with Gasteiger partial charge in [0.1, 0.15) is 5.75 Å². The Kier molecular flexibility index (Phi) is 7.21. The van der Waals surface area contributed by atoms with Crippen molar-refractivity contribution < 1.29 is 23.8 Å². The number of halogens is 2. The summed E-state index contributed by atoms with van der Waals surface area (Å²) < 4.78 is 15.6. The zero-order chi connectivity index (χ0) is 22.5. The number of benzene rings is 2. The van der Waals surface area contributed by atoms with E-state index in [1.54, 1.807) is 17.5 Å². The SMILES string of the molecule is COc1ccc(-c2csc(NC(=O)c3cc(Cl)c(OCC(N)=O)c(OC)c3)n2)cc1Cl. The summed E-state index contributed by atoms with van der Waals surface area (Å²) in [7, 11) is 2.92. The van der Waals surface area contributed by atoms with Gasteiger partial charge in [0.05, 0.1) is 30.0 Å². The lowest BCUT2D eigenvalue weighted by Gasteiger charge is -2.13. The zero-order valence-electron chi connectivity index (χ0n) is 16.4. The molecule has 0 atom stereocenters. The van der Waals surface area contributed by atoms with E-state index in [4.69, 9.17) is 43.1 Å². The minimum Gasteiger partial charge on any atom is -0.495 e. The van der Waals surface area contributed by atoms with Crippen LogP contribution in [0.3, 0.4) is 0 Å². The van der Waals surface area contributed by atoms with E-state index in [0.717, 1.165) is 5.56 Å². The molecule has 0 aliphatic carbocycles. The number of hydrogen-bond donors (Lipinski definition) is 2. The van der Waals surface area contributed by atoms with Crippen LogP contribution in [-0.2, 0) is 4.79 Å². The topological polar surface area (TPSA) is 113 Å². The van der Waals surface area contributed by atoms with Gasteiger partial charge in [0.25, 0.3) is 11.8 Å². The second kappa shape index (κ2) is 9.86. The first kappa shape index (κ1) is 22.7. The van der Waals surface area contributed by atoms with Gasteiger partial charge in [0.2, 0.25) is 0 Å². The van der Waals surface area contributed by atoms with Crippen LogP contribution >= 0.6 is 34.5 Å². The van der Waals surface area contributed by atoms with Crippen molar-refractivity contribution >= 4 is 51.5 Å². The highest BCUT2D eigenvalue weighted by molar-refractivity contribution is 7.14. The molecule has 0 radical (unpaired) electrons. The van der Waals surface area contributed by atoms with E-state index < -0.39 is 11.8 Å². The van der Waals surface area contributed by atoms with E-state index in [0.29, 0.717) is 21.6 Å². The molecule has 2 amide bonds. The maximum Gasteiger partial charge on any atom is 0.257 e. The first-order valence-corrected chi connectivity index (χ1v) is 10.4. The number of nitrogens with zero attached hydrogens (tertiary/aromatic N) is 1. The van der Waals surface area contributed by atoms with Gasteiger partial charge in [-0.1, -0.05) is 23.2 Å². The molecule has 162 valence electrons. The Hall–Kier alpha value is -3.01. The number of nitrogens with one attached hydrogen (secondary N) is 1. The summed E-state index contributed by atoms with van der Waals surface area (Å²) in [5.74, 6) is -0.254. The number of primary amides is 1. The molecule has 0 bridgehead atoms. The summed E-state index contributed by atoms with van der Waals surface area (Å²) >= 11 is 13.6. The number of amides is 2. The monoisotopic (exact) mass is 481 g/mol. The highest BCUT2D eigenvalue weighted by atomic mass is 35.5. The summed E-state index contributed by atoms with van der Waals surface area (Å²) in [6.45, 7) is -0.376. The van der Waals surface area contributed by atoms with E-state index in [2.05, 4.69) is 10.3 Å². The lowest BCUT2D eigenvalue weighted by atomic mass is 10.1. The third kappa shape index (κ3) is 5.38. The molecule has 0 saturated carbocycles. The van der Waals surface area contributed by atoms with Gasteiger partial charge >= 0.3 is 0 Å². The number of nitrogens with two attached hydrogens (primary N) is 1. The number of carbonyl (C=O) groups excluding carboxylic acids is 2. The van der Waals surface area contributed by atoms with Gasteiger partial charge in [-0.05, 0) is 30.3 Å². The third-order valence-electron chi connectivity index (χ3n) is 4.02. The van der Waals surface area contributed by atoms with E-state index in [-0.39, 0.29) is 28.7 Å². The number of rotatable bonds is 8. The van der Waals surface area contributed by atoms with Gasteiger partial charge in [-0.2, -0.15) is 0 Å². The van der Waals surface area contributed by atoms with Crippen LogP contribution in [0.25, 0.3) is 11.3 Å². The summed E-state index contributed by atoms with van der Waals surface area (Å²) in [6, 6.07) is 8.13. The van der Waals surface area contributed by atoms with Crippen molar-refractivity contribution in [3.63, 3.8) is 0 Å². The van der Waals surface area contributed by atoms with E-state index in [1.807, 2.05) is 6.07 Å². The number of ether oxygens (including phenoxy) is 3. The first-order chi connectivity index (χ1) is 14.8. The highest BCUT2D eigenvalue weighted by Gasteiger charge is 2.18. The van der Waals surface area contributed by atoms with Crippen molar-refractivity contribution in [3.05, 3.63) is 51.3 Å². The minimum atomic E-state index is -0.669. The number of carbonyl (C=O) groups is 2. The van der Waals surface area contributed by atoms with Gasteiger partial charge in [0.15, 0.2) is 23.2 Å². The number of methoxy groups -OCH3 is 2. The molecule has 8 nitrogen and oxygen atoms in total. The highest BCUT2D eigenvalue weighted by Crippen LogP contribution is 2.37. The molecule has 0 unspecified atom stereocenters. The third-order valence-corrected chi connectivity index (χ3v) is 5.36. The summed E-state index contributed by atoms with van der Waals surface area (Å²) in [5.41, 5.74) is 6.73. The Balaban J connectivity index is 1.78. The van der Waals surface area contributed by atoms with Gasteiger partial charge in [0, 0.05) is 16.5 Å². The maximum absolute atomic E-state index is 12.7. The summed E-state index contributed by atoms with van der Waals surface area (Å²) in [4.78, 5) is 28.1. The molecule has 1 aromatic heterocycles. The van der Waals surface area contributed by atoms with Crippen molar-refractivity contribution in [2.75, 3.05) is 26.1 Å². The quantitative estimate of drug-likeness (QED) is 0.497. The molecule has 3 N–H and O–H groups in total. The molecule has 11 heteroatoms. The fourth-order valence-electron chi connectivity index (χ4n) is 2.59. The predicted octanol–water partition coefficient (Wildman–Crippen LogP) is 4.25. The maximum atomic E-state index is 12.7. The zero-order valence-corrected chi connectivity index (χ0v) is 18.7. The van der Waals surface area contributed by atoms with Crippen LogP contribution in [0.4, 0.5) is 5.13 Å². The van der Waals surface area contributed by atoms with Crippen molar-refractivity contribution in [3.8, 4) is 28.5 Å². The Bertz CT molecular complexity index is 1140. The fraction of sp³-hybridized carbons (Fsp3) is 0.150. The Labute approximate surface area is 191 Å². The normalized spacial score (nSPS) is 10.5. The Morgan fingerprint density at radius 2 is 1.84 bits per heavy atom. The molecule has 3 aromatic rings. The predicted molar refractivity (Wildman–Crippen MR) is 120 cm³/mol. The molecule has 0 spiro atoms. The average molecular weight is 482 g/mol.